The number of nitrogens with two attached hydrogens (primary N) is 1. The van der Waals surface area contributed by atoms with E-state index in [1.54, 1.807) is 0 Å². The summed E-state index contributed by atoms with van der Waals surface area (Å²) in [6, 6.07) is 27.9. The second-order valence-corrected chi connectivity index (χ2v) is 6.10. The Kier molecular flexibility index (Phi) is 3.36. The number of fused-ring (bicyclic) bond motifs is 2. The van der Waals surface area contributed by atoms with Crippen LogP contribution in [-0.4, -0.2) is 0 Å². The minimum absolute atomic E-state index is 0.0115. The van der Waals surface area contributed by atoms with Crippen molar-refractivity contribution in [1.29, 1.82) is 0 Å². The smallest absolute Gasteiger partial charge is 0.0278 e. The summed E-state index contributed by atoms with van der Waals surface area (Å²) < 4.78 is 0. The standard InChI is InChI=1S/C22H19N/c1-15(23)22-20-9-5-4-7-17(20)12-13-21(22)19-11-10-16-6-2-3-8-18(16)14-19/h2-15H,23H2,1H3/t15-/m0/s1. The van der Waals surface area contributed by atoms with Crippen LogP contribution in [0, 0.1) is 0 Å². The Bertz CT molecular complexity index is 999. The summed E-state index contributed by atoms with van der Waals surface area (Å²) in [5.74, 6) is 0. The number of hydrogen-bond donors (Lipinski definition) is 1. The number of benzene rings is 4. The maximum Gasteiger partial charge on any atom is 0.0278 e. The van der Waals surface area contributed by atoms with Crippen molar-refractivity contribution in [3.8, 4) is 11.1 Å². The van der Waals surface area contributed by atoms with Crippen LogP contribution in [0.4, 0.5) is 0 Å². The van der Waals surface area contributed by atoms with Crippen LogP contribution in [0.5, 0.6) is 0 Å². The fraction of sp³-hybridized carbons (Fsp3) is 0.0909. The predicted octanol–water partition coefficient (Wildman–Crippen LogP) is 5.68. The Balaban J connectivity index is 2.01. The summed E-state index contributed by atoms with van der Waals surface area (Å²) >= 11 is 0. The van der Waals surface area contributed by atoms with E-state index >= 15 is 0 Å². The molecular weight excluding hydrogens is 278 g/mol. The minimum Gasteiger partial charge on any atom is -0.324 e. The fourth-order valence-electron chi connectivity index (χ4n) is 3.39. The van der Waals surface area contributed by atoms with Gasteiger partial charge in [-0.3, -0.25) is 0 Å². The monoisotopic (exact) mass is 297 g/mol. The molecule has 112 valence electrons. The van der Waals surface area contributed by atoms with Crippen molar-refractivity contribution < 1.29 is 0 Å². The van der Waals surface area contributed by atoms with Crippen LogP contribution in [0.1, 0.15) is 18.5 Å². The van der Waals surface area contributed by atoms with Crippen molar-refractivity contribution in [3.63, 3.8) is 0 Å². The van der Waals surface area contributed by atoms with Crippen molar-refractivity contribution in [2.24, 2.45) is 5.73 Å². The highest BCUT2D eigenvalue weighted by molar-refractivity contribution is 5.94. The Morgan fingerprint density at radius 1 is 0.696 bits per heavy atom. The highest BCUT2D eigenvalue weighted by Gasteiger charge is 2.13. The lowest BCUT2D eigenvalue weighted by molar-refractivity contribution is 0.829. The topological polar surface area (TPSA) is 26.0 Å². The summed E-state index contributed by atoms with van der Waals surface area (Å²) in [6.45, 7) is 2.06. The van der Waals surface area contributed by atoms with E-state index < -0.39 is 0 Å². The quantitative estimate of drug-likeness (QED) is 0.506. The first-order chi connectivity index (χ1) is 11.2. The van der Waals surface area contributed by atoms with E-state index in [1.165, 1.54) is 38.2 Å². The molecule has 1 atom stereocenters. The Morgan fingerprint density at radius 3 is 2.13 bits per heavy atom. The summed E-state index contributed by atoms with van der Waals surface area (Å²) in [6.07, 6.45) is 0. The van der Waals surface area contributed by atoms with Gasteiger partial charge in [-0.2, -0.15) is 0 Å². The van der Waals surface area contributed by atoms with E-state index in [4.69, 9.17) is 5.73 Å². The van der Waals surface area contributed by atoms with E-state index in [0.717, 1.165) is 0 Å². The third-order valence-electron chi connectivity index (χ3n) is 4.49. The lowest BCUT2D eigenvalue weighted by atomic mass is 9.90. The van der Waals surface area contributed by atoms with Crippen molar-refractivity contribution in [3.05, 3.63) is 84.4 Å². The first-order valence-corrected chi connectivity index (χ1v) is 8.00. The molecule has 4 aromatic carbocycles. The molecule has 0 spiro atoms. The van der Waals surface area contributed by atoms with Crippen LogP contribution in [0.3, 0.4) is 0 Å². The van der Waals surface area contributed by atoms with Crippen molar-refractivity contribution in [2.45, 2.75) is 13.0 Å². The van der Waals surface area contributed by atoms with Gasteiger partial charge in [-0.25, -0.2) is 0 Å². The van der Waals surface area contributed by atoms with Crippen LogP contribution in [0.2, 0.25) is 0 Å². The van der Waals surface area contributed by atoms with Gasteiger partial charge in [0, 0.05) is 6.04 Å². The molecular formula is C22H19N. The second kappa shape index (κ2) is 5.53. The average molecular weight is 297 g/mol. The Hall–Kier alpha value is -2.64. The van der Waals surface area contributed by atoms with Gasteiger partial charge in [-0.05, 0) is 51.2 Å². The zero-order valence-electron chi connectivity index (χ0n) is 13.2. The molecule has 1 heteroatoms. The van der Waals surface area contributed by atoms with Crippen LogP contribution in [-0.2, 0) is 0 Å². The number of rotatable bonds is 2. The van der Waals surface area contributed by atoms with E-state index in [2.05, 4.69) is 85.8 Å². The van der Waals surface area contributed by atoms with Crippen molar-refractivity contribution in [1.82, 2.24) is 0 Å². The molecule has 0 aliphatic carbocycles. The average Bonchev–Trinajstić information content (AvgIpc) is 2.60. The first kappa shape index (κ1) is 14.0. The van der Waals surface area contributed by atoms with Crippen LogP contribution in [0.15, 0.2) is 78.9 Å². The van der Waals surface area contributed by atoms with E-state index in [9.17, 15) is 0 Å². The molecule has 0 saturated heterocycles. The molecule has 0 saturated carbocycles. The molecule has 0 aliphatic heterocycles. The molecule has 1 nitrogen and oxygen atoms in total. The van der Waals surface area contributed by atoms with E-state index in [1.807, 2.05) is 0 Å². The van der Waals surface area contributed by atoms with Crippen molar-refractivity contribution >= 4 is 21.5 Å². The van der Waals surface area contributed by atoms with Gasteiger partial charge in [-0.1, -0.05) is 72.8 Å². The molecule has 0 unspecified atom stereocenters. The maximum atomic E-state index is 6.33. The van der Waals surface area contributed by atoms with Gasteiger partial charge in [0.1, 0.15) is 0 Å². The van der Waals surface area contributed by atoms with Crippen molar-refractivity contribution in [2.75, 3.05) is 0 Å². The lowest BCUT2D eigenvalue weighted by Crippen LogP contribution is -2.07. The molecule has 0 heterocycles. The molecule has 0 aromatic heterocycles. The fourth-order valence-corrected chi connectivity index (χ4v) is 3.39. The molecule has 0 bridgehead atoms. The summed E-state index contributed by atoms with van der Waals surface area (Å²) in [4.78, 5) is 0. The molecule has 4 aromatic rings. The van der Waals surface area contributed by atoms with Gasteiger partial charge in [0.05, 0.1) is 0 Å². The summed E-state index contributed by atoms with van der Waals surface area (Å²) in [5.41, 5.74) is 10.0. The molecule has 0 radical (unpaired) electrons. The van der Waals surface area contributed by atoms with Crippen LogP contribution < -0.4 is 5.73 Å². The highest BCUT2D eigenvalue weighted by Crippen LogP contribution is 2.35. The molecule has 0 aliphatic rings. The molecule has 4 rings (SSSR count). The van der Waals surface area contributed by atoms with Gasteiger partial charge in [0.2, 0.25) is 0 Å². The third-order valence-corrected chi connectivity index (χ3v) is 4.49. The van der Waals surface area contributed by atoms with Gasteiger partial charge >= 0.3 is 0 Å². The largest absolute Gasteiger partial charge is 0.324 e. The van der Waals surface area contributed by atoms with Gasteiger partial charge in [0.15, 0.2) is 0 Å². The highest BCUT2D eigenvalue weighted by atomic mass is 14.6. The second-order valence-electron chi connectivity index (χ2n) is 6.10. The zero-order valence-corrected chi connectivity index (χ0v) is 13.2. The van der Waals surface area contributed by atoms with Crippen LogP contribution in [0.25, 0.3) is 32.7 Å². The van der Waals surface area contributed by atoms with E-state index in [0.29, 0.717) is 0 Å². The molecule has 0 amide bonds. The Labute approximate surface area is 136 Å². The number of hydrogen-bond acceptors (Lipinski definition) is 1. The zero-order chi connectivity index (χ0) is 15.8. The molecule has 23 heavy (non-hydrogen) atoms. The van der Waals surface area contributed by atoms with Gasteiger partial charge < -0.3 is 5.73 Å². The van der Waals surface area contributed by atoms with Crippen LogP contribution >= 0.6 is 0 Å². The molecule has 2 N–H and O–H groups in total. The SMILES string of the molecule is C[C@H](N)c1c(-c2ccc3ccccc3c2)ccc2ccccc12. The predicted molar refractivity (Wildman–Crippen MR) is 99.5 cm³/mol. The van der Waals surface area contributed by atoms with E-state index in [-0.39, 0.29) is 6.04 Å². The Morgan fingerprint density at radius 2 is 1.35 bits per heavy atom. The lowest BCUT2D eigenvalue weighted by Gasteiger charge is -2.17. The normalized spacial score (nSPS) is 12.6. The molecule has 0 fully saturated rings. The summed E-state index contributed by atoms with van der Waals surface area (Å²) in [7, 11) is 0. The first-order valence-electron chi connectivity index (χ1n) is 8.00. The maximum absolute atomic E-state index is 6.33. The van der Waals surface area contributed by atoms with Gasteiger partial charge in [0.25, 0.3) is 0 Å². The van der Waals surface area contributed by atoms with Gasteiger partial charge in [-0.15, -0.1) is 0 Å². The summed E-state index contributed by atoms with van der Waals surface area (Å²) in [5, 5.41) is 5.01. The third kappa shape index (κ3) is 2.39. The minimum atomic E-state index is -0.0115.